The summed E-state index contributed by atoms with van der Waals surface area (Å²) in [7, 11) is 5.67. The molecule has 5 heterocycles. The van der Waals surface area contributed by atoms with Gasteiger partial charge in [0.25, 0.3) is 0 Å². The van der Waals surface area contributed by atoms with Crippen LogP contribution in [-0.4, -0.2) is 85.3 Å². The zero-order valence-corrected chi connectivity index (χ0v) is 24.9. The van der Waals surface area contributed by atoms with Crippen molar-refractivity contribution in [3.8, 4) is 17.1 Å². The van der Waals surface area contributed by atoms with E-state index in [0.717, 1.165) is 46.4 Å². The van der Waals surface area contributed by atoms with E-state index in [-0.39, 0.29) is 18.6 Å². The van der Waals surface area contributed by atoms with Crippen molar-refractivity contribution in [2.75, 3.05) is 49.3 Å². The number of amides is 1. The minimum absolute atomic E-state index is 0.0377. The van der Waals surface area contributed by atoms with Crippen LogP contribution in [0.25, 0.3) is 22.2 Å². The molecule has 0 spiro atoms. The van der Waals surface area contributed by atoms with Crippen molar-refractivity contribution >= 4 is 40.2 Å². The average Bonchev–Trinajstić information content (AvgIpc) is 3.69. The van der Waals surface area contributed by atoms with Crippen molar-refractivity contribution in [3.63, 3.8) is 0 Å². The second-order valence-corrected chi connectivity index (χ2v) is 11.0. The fourth-order valence-electron chi connectivity index (χ4n) is 5.18. The van der Waals surface area contributed by atoms with Gasteiger partial charge in [-0.2, -0.15) is 10.1 Å². The van der Waals surface area contributed by atoms with Gasteiger partial charge in [0, 0.05) is 81.6 Å². The predicted octanol–water partition coefficient (Wildman–Crippen LogP) is 3.67. The van der Waals surface area contributed by atoms with Crippen LogP contribution in [0.3, 0.4) is 0 Å². The molecule has 0 radical (unpaired) electrons. The normalized spacial score (nSPS) is 15.1. The number of hydrogen-bond donors (Lipinski definition) is 3. The number of fused-ring (bicyclic) bond motifs is 1. The molecule has 6 rings (SSSR count). The zero-order chi connectivity index (χ0) is 30.1. The van der Waals surface area contributed by atoms with Crippen LogP contribution in [0.4, 0.5) is 23.4 Å². The highest BCUT2D eigenvalue weighted by Gasteiger charge is 2.26. The van der Waals surface area contributed by atoms with Gasteiger partial charge in [0.15, 0.2) is 5.82 Å². The molecule has 0 unspecified atom stereocenters. The molecule has 13 heteroatoms. The number of carbonyl (C=O) groups is 1. The van der Waals surface area contributed by atoms with Gasteiger partial charge in [-0.15, -0.1) is 0 Å². The number of nitrogens with one attached hydrogen (secondary N) is 3. The van der Waals surface area contributed by atoms with Gasteiger partial charge in [-0.3, -0.25) is 14.4 Å². The Morgan fingerprint density at radius 3 is 2.84 bits per heavy atom. The summed E-state index contributed by atoms with van der Waals surface area (Å²) in [5.74, 6) is 2.19. The van der Waals surface area contributed by atoms with E-state index in [4.69, 9.17) is 9.72 Å². The highest BCUT2D eigenvalue weighted by atomic mass is 16.5. The third kappa shape index (κ3) is 6.11. The van der Waals surface area contributed by atoms with Crippen molar-refractivity contribution in [1.29, 1.82) is 0 Å². The zero-order valence-electron chi connectivity index (χ0n) is 24.9. The largest absolute Gasteiger partial charge is 0.473 e. The molecule has 1 aromatic carbocycles. The predicted molar refractivity (Wildman–Crippen MR) is 166 cm³/mol. The number of aromatic amines is 1. The first-order valence-corrected chi connectivity index (χ1v) is 14.1. The Morgan fingerprint density at radius 2 is 2.05 bits per heavy atom. The van der Waals surface area contributed by atoms with Crippen LogP contribution in [0.5, 0.6) is 5.88 Å². The molecule has 0 aliphatic carbocycles. The Hall–Kier alpha value is -5.04. The monoisotopic (exact) mass is 581 g/mol. The lowest BCUT2D eigenvalue weighted by Crippen LogP contribution is -2.33. The smallest absolute Gasteiger partial charge is 0.238 e. The summed E-state index contributed by atoms with van der Waals surface area (Å²) in [5.41, 5.74) is 5.23. The van der Waals surface area contributed by atoms with Crippen LogP contribution in [0.1, 0.15) is 17.7 Å². The van der Waals surface area contributed by atoms with Crippen LogP contribution in [0.15, 0.2) is 48.9 Å². The molecule has 1 atom stereocenters. The summed E-state index contributed by atoms with van der Waals surface area (Å²) in [5, 5.41) is 11.7. The van der Waals surface area contributed by atoms with E-state index in [0.29, 0.717) is 35.8 Å². The third-order valence-corrected chi connectivity index (χ3v) is 7.47. The van der Waals surface area contributed by atoms with Gasteiger partial charge in [0.2, 0.25) is 23.7 Å². The molecule has 222 valence electrons. The number of carbonyl (C=O) groups excluding carboxylic acids is 1. The molecule has 5 aromatic rings. The van der Waals surface area contributed by atoms with Crippen LogP contribution < -0.4 is 20.3 Å². The molecular formula is C30H35N11O2. The van der Waals surface area contributed by atoms with Crippen LogP contribution >= 0.6 is 0 Å². The Balaban J connectivity index is 1.12. The molecule has 1 aliphatic rings. The van der Waals surface area contributed by atoms with Gasteiger partial charge in [0.05, 0.1) is 23.4 Å². The fraction of sp³-hybridized carbons (Fsp3) is 0.333. The number of nitrogens with zero attached hydrogens (tertiary/aromatic N) is 8. The van der Waals surface area contributed by atoms with E-state index in [1.807, 2.05) is 70.4 Å². The number of para-hydroxylation sites is 1. The van der Waals surface area contributed by atoms with Crippen molar-refractivity contribution in [2.45, 2.75) is 26.4 Å². The first-order chi connectivity index (χ1) is 20.7. The lowest BCUT2D eigenvalue weighted by Gasteiger charge is -2.17. The molecule has 0 bridgehead atoms. The van der Waals surface area contributed by atoms with E-state index in [9.17, 15) is 4.79 Å². The quantitative estimate of drug-likeness (QED) is 0.236. The first-order valence-electron chi connectivity index (χ1n) is 14.1. The SMILES string of the molecule is Cc1cnc(Nc2cc(C)n(C)n2)nc1-c1c[nH]c2c(NC(=O)CN3CC[C@H](Oc4ccnc(N(C)C)n4)C3)cccc12. The van der Waals surface area contributed by atoms with Crippen molar-refractivity contribution in [1.82, 2.24) is 39.6 Å². The molecule has 4 aromatic heterocycles. The summed E-state index contributed by atoms with van der Waals surface area (Å²) in [6.45, 7) is 5.65. The lowest BCUT2D eigenvalue weighted by molar-refractivity contribution is -0.117. The van der Waals surface area contributed by atoms with Gasteiger partial charge >= 0.3 is 0 Å². The summed E-state index contributed by atoms with van der Waals surface area (Å²) in [6.07, 6.45) is 6.18. The van der Waals surface area contributed by atoms with Crippen molar-refractivity contribution < 1.29 is 9.53 Å². The second kappa shape index (κ2) is 11.7. The third-order valence-electron chi connectivity index (χ3n) is 7.47. The van der Waals surface area contributed by atoms with E-state index < -0.39 is 0 Å². The summed E-state index contributed by atoms with van der Waals surface area (Å²) in [4.78, 5) is 38.3. The number of likely N-dealkylation sites (tertiary alicyclic amines) is 1. The van der Waals surface area contributed by atoms with Crippen LogP contribution in [-0.2, 0) is 11.8 Å². The molecule has 1 fully saturated rings. The Bertz CT molecular complexity index is 1760. The summed E-state index contributed by atoms with van der Waals surface area (Å²) < 4.78 is 7.88. The molecule has 43 heavy (non-hydrogen) atoms. The van der Waals surface area contributed by atoms with E-state index in [1.165, 1.54) is 0 Å². The molecule has 3 N–H and O–H groups in total. The molecule has 1 amide bonds. The number of benzene rings is 1. The molecule has 1 saturated heterocycles. The van der Waals surface area contributed by atoms with Gasteiger partial charge in [-0.1, -0.05) is 12.1 Å². The van der Waals surface area contributed by atoms with E-state index >= 15 is 0 Å². The van der Waals surface area contributed by atoms with Gasteiger partial charge in [-0.25, -0.2) is 15.0 Å². The Labute approximate surface area is 249 Å². The molecule has 1 aliphatic heterocycles. The van der Waals surface area contributed by atoms with E-state index in [2.05, 4.69) is 40.6 Å². The number of aryl methyl sites for hydroxylation is 3. The highest BCUT2D eigenvalue weighted by Crippen LogP contribution is 2.33. The van der Waals surface area contributed by atoms with E-state index in [1.54, 1.807) is 23.1 Å². The maximum atomic E-state index is 13.1. The molecular weight excluding hydrogens is 546 g/mol. The second-order valence-electron chi connectivity index (χ2n) is 11.0. The van der Waals surface area contributed by atoms with Crippen molar-refractivity contribution in [2.24, 2.45) is 7.05 Å². The minimum Gasteiger partial charge on any atom is -0.473 e. The number of anilines is 4. The standard InChI is InChI=1S/C30H35N11O2/c1-18-14-33-29(35-24-13-19(2)40(5)38-24)37-27(18)22-15-32-28-21(22)7-6-8-23(28)34-25(42)17-41-12-10-20(16-41)43-26-9-11-31-30(36-26)39(3)4/h6-9,11,13-15,20,32H,10,12,16-17H2,1-5H3,(H,34,42)(H,33,35,37,38)/t20-/m0/s1. The number of rotatable bonds is 9. The lowest BCUT2D eigenvalue weighted by atomic mass is 10.1. The summed E-state index contributed by atoms with van der Waals surface area (Å²) >= 11 is 0. The maximum Gasteiger partial charge on any atom is 0.238 e. The average molecular weight is 582 g/mol. The van der Waals surface area contributed by atoms with Crippen molar-refractivity contribution in [3.05, 3.63) is 60.2 Å². The topological polar surface area (TPSA) is 142 Å². The first kappa shape index (κ1) is 28.1. The minimum atomic E-state index is -0.0865. The maximum absolute atomic E-state index is 13.1. The molecule has 13 nitrogen and oxygen atoms in total. The number of aromatic nitrogens is 7. The number of hydrogen-bond acceptors (Lipinski definition) is 10. The fourth-order valence-corrected chi connectivity index (χ4v) is 5.18. The highest BCUT2D eigenvalue weighted by molar-refractivity contribution is 6.06. The number of H-pyrrole nitrogens is 1. The Kier molecular flexibility index (Phi) is 7.63. The van der Waals surface area contributed by atoms with Gasteiger partial charge in [-0.05, 0) is 31.9 Å². The summed E-state index contributed by atoms with van der Waals surface area (Å²) in [6, 6.07) is 9.56. The van der Waals surface area contributed by atoms with Gasteiger partial charge < -0.3 is 25.3 Å². The van der Waals surface area contributed by atoms with Gasteiger partial charge in [0.1, 0.15) is 6.10 Å². The molecule has 0 saturated carbocycles. The Morgan fingerprint density at radius 1 is 1.19 bits per heavy atom. The number of ether oxygens (including phenoxy) is 1. The van der Waals surface area contributed by atoms with Crippen LogP contribution in [0, 0.1) is 13.8 Å². The van der Waals surface area contributed by atoms with Crippen LogP contribution in [0.2, 0.25) is 0 Å².